The molecule has 0 fully saturated rings. The number of H-pyrrole nitrogens is 1. The van der Waals surface area contributed by atoms with Gasteiger partial charge in [0.05, 0.1) is 22.1 Å². The molecule has 0 saturated heterocycles. The van der Waals surface area contributed by atoms with E-state index in [4.69, 9.17) is 0 Å². The number of aromatic nitrogens is 3. The van der Waals surface area contributed by atoms with Gasteiger partial charge in [0.2, 0.25) is 0 Å². The van der Waals surface area contributed by atoms with Crippen LogP contribution in [0.15, 0.2) is 71.7 Å². The summed E-state index contributed by atoms with van der Waals surface area (Å²) < 4.78 is 1.51. The fourth-order valence-electron chi connectivity index (χ4n) is 3.80. The van der Waals surface area contributed by atoms with Gasteiger partial charge in [0.25, 0.3) is 11.5 Å². The van der Waals surface area contributed by atoms with Gasteiger partial charge in [-0.1, -0.05) is 23.8 Å². The first-order valence-corrected chi connectivity index (χ1v) is 10.4. The molecule has 6 nitrogen and oxygen atoms in total. The first kappa shape index (κ1) is 19.8. The highest BCUT2D eigenvalue weighted by Gasteiger charge is 2.14. The number of pyridine rings is 1. The number of hydrogen-bond acceptors (Lipinski definition) is 3. The average Bonchev–Trinajstić information content (AvgIpc) is 3.13. The third kappa shape index (κ3) is 3.36. The van der Waals surface area contributed by atoms with E-state index in [0.717, 1.165) is 27.9 Å². The van der Waals surface area contributed by atoms with Crippen molar-refractivity contribution in [2.24, 2.45) is 0 Å². The molecule has 0 aliphatic heterocycles. The monoisotopic (exact) mass is 422 g/mol. The van der Waals surface area contributed by atoms with E-state index in [-0.39, 0.29) is 11.5 Å². The summed E-state index contributed by atoms with van der Waals surface area (Å²) in [4.78, 5) is 30.3. The number of carbonyl (C=O) groups is 1. The largest absolute Gasteiger partial charge is 0.322 e. The van der Waals surface area contributed by atoms with Crippen molar-refractivity contribution in [3.05, 3.63) is 99.5 Å². The van der Waals surface area contributed by atoms with E-state index in [2.05, 4.69) is 15.4 Å². The Kier molecular flexibility index (Phi) is 4.63. The van der Waals surface area contributed by atoms with E-state index in [1.807, 2.05) is 63.2 Å². The fraction of sp³-hybridized carbons (Fsp3) is 0.115. The molecule has 32 heavy (non-hydrogen) atoms. The van der Waals surface area contributed by atoms with Gasteiger partial charge in [-0.3, -0.25) is 19.7 Å². The highest BCUT2D eigenvalue weighted by molar-refractivity contribution is 6.10. The number of hydrogen-bond donors (Lipinski definition) is 2. The molecule has 2 N–H and O–H groups in total. The van der Waals surface area contributed by atoms with Gasteiger partial charge in [0.15, 0.2) is 0 Å². The van der Waals surface area contributed by atoms with E-state index >= 15 is 0 Å². The second kappa shape index (κ2) is 7.50. The molecular weight excluding hydrogens is 400 g/mol. The molecule has 0 saturated carbocycles. The lowest BCUT2D eigenvalue weighted by Gasteiger charge is -2.08. The van der Waals surface area contributed by atoms with Crippen LogP contribution in [0.2, 0.25) is 0 Å². The Morgan fingerprint density at radius 3 is 2.44 bits per heavy atom. The number of aromatic amines is 1. The number of fused-ring (bicyclic) bond motifs is 3. The molecule has 0 aliphatic rings. The van der Waals surface area contributed by atoms with Crippen molar-refractivity contribution < 1.29 is 4.79 Å². The van der Waals surface area contributed by atoms with Crippen molar-refractivity contribution in [3.8, 4) is 5.69 Å². The standard InChI is InChI=1S/C26H22N4O2/c1-15-4-9-20(10-5-15)30-26(32)22-14-27-23-11-7-18(13-21(23)24(22)29-30)25(31)28-19-8-6-16(2)17(3)12-19/h4-14,29H,1-3H3,(H,28,31). The second-order valence-corrected chi connectivity index (χ2v) is 8.12. The Bertz CT molecular complexity index is 1560. The van der Waals surface area contributed by atoms with Crippen LogP contribution in [0.1, 0.15) is 27.0 Å². The first-order valence-electron chi connectivity index (χ1n) is 10.4. The summed E-state index contributed by atoms with van der Waals surface area (Å²) in [6.45, 7) is 6.05. The molecule has 0 aliphatic carbocycles. The van der Waals surface area contributed by atoms with E-state index in [9.17, 15) is 9.59 Å². The Hall–Kier alpha value is -4.19. The maximum atomic E-state index is 13.0. The van der Waals surface area contributed by atoms with Crippen LogP contribution < -0.4 is 10.9 Å². The molecule has 0 bridgehead atoms. The Morgan fingerprint density at radius 2 is 1.69 bits per heavy atom. The normalized spacial score (nSPS) is 11.2. The summed E-state index contributed by atoms with van der Waals surface area (Å²) in [5.74, 6) is -0.215. The summed E-state index contributed by atoms with van der Waals surface area (Å²) in [5.41, 5.74) is 6.56. The van der Waals surface area contributed by atoms with Crippen molar-refractivity contribution in [2.45, 2.75) is 20.8 Å². The number of carbonyl (C=O) groups excluding carboxylic acids is 1. The minimum absolute atomic E-state index is 0.178. The van der Waals surface area contributed by atoms with Crippen molar-refractivity contribution in [3.63, 3.8) is 0 Å². The molecule has 2 aromatic heterocycles. The molecule has 2 heterocycles. The van der Waals surface area contributed by atoms with Crippen LogP contribution in [0.25, 0.3) is 27.5 Å². The summed E-state index contributed by atoms with van der Waals surface area (Å²) in [6.07, 6.45) is 1.58. The molecule has 0 unspecified atom stereocenters. The number of aryl methyl sites for hydroxylation is 3. The molecule has 0 atom stereocenters. The highest BCUT2D eigenvalue weighted by Crippen LogP contribution is 2.23. The number of rotatable bonds is 3. The predicted octanol–water partition coefficient (Wildman–Crippen LogP) is 5.04. The molecule has 1 amide bonds. The number of amides is 1. The van der Waals surface area contributed by atoms with Gasteiger partial charge in [-0.2, -0.15) is 0 Å². The van der Waals surface area contributed by atoms with Crippen LogP contribution in [0.5, 0.6) is 0 Å². The number of anilines is 1. The zero-order valence-electron chi connectivity index (χ0n) is 18.1. The van der Waals surface area contributed by atoms with Gasteiger partial charge in [0.1, 0.15) is 0 Å². The van der Waals surface area contributed by atoms with Gasteiger partial charge >= 0.3 is 0 Å². The number of nitrogens with zero attached hydrogens (tertiary/aromatic N) is 2. The average molecular weight is 422 g/mol. The van der Waals surface area contributed by atoms with E-state index in [0.29, 0.717) is 22.0 Å². The molecule has 0 spiro atoms. The van der Waals surface area contributed by atoms with E-state index in [1.54, 1.807) is 24.4 Å². The van der Waals surface area contributed by atoms with Crippen molar-refractivity contribution in [2.75, 3.05) is 5.32 Å². The van der Waals surface area contributed by atoms with Crippen LogP contribution in [-0.2, 0) is 0 Å². The summed E-state index contributed by atoms with van der Waals surface area (Å²) >= 11 is 0. The lowest BCUT2D eigenvalue weighted by Crippen LogP contribution is -2.14. The van der Waals surface area contributed by atoms with Crippen LogP contribution >= 0.6 is 0 Å². The lowest BCUT2D eigenvalue weighted by atomic mass is 10.1. The zero-order valence-corrected chi connectivity index (χ0v) is 18.1. The van der Waals surface area contributed by atoms with Gasteiger partial charge in [0, 0.05) is 22.8 Å². The lowest BCUT2D eigenvalue weighted by molar-refractivity contribution is 0.102. The van der Waals surface area contributed by atoms with Crippen LogP contribution in [-0.4, -0.2) is 20.7 Å². The summed E-state index contributed by atoms with van der Waals surface area (Å²) in [5, 5.41) is 7.35. The van der Waals surface area contributed by atoms with Gasteiger partial charge < -0.3 is 5.32 Å². The second-order valence-electron chi connectivity index (χ2n) is 8.12. The van der Waals surface area contributed by atoms with Gasteiger partial charge in [-0.05, 0) is 74.4 Å². The van der Waals surface area contributed by atoms with Gasteiger partial charge in [-0.15, -0.1) is 0 Å². The minimum atomic E-state index is -0.215. The number of nitrogens with one attached hydrogen (secondary N) is 2. The molecule has 6 heteroatoms. The third-order valence-electron chi connectivity index (χ3n) is 5.84. The molecule has 5 rings (SSSR count). The molecular formula is C26H22N4O2. The zero-order chi connectivity index (χ0) is 22.4. The van der Waals surface area contributed by atoms with Gasteiger partial charge in [-0.25, -0.2) is 4.68 Å². The van der Waals surface area contributed by atoms with Crippen LogP contribution in [0, 0.1) is 20.8 Å². The molecule has 5 aromatic rings. The maximum absolute atomic E-state index is 13.0. The quantitative estimate of drug-likeness (QED) is 0.427. The molecule has 0 radical (unpaired) electrons. The summed E-state index contributed by atoms with van der Waals surface area (Å²) in [7, 11) is 0. The van der Waals surface area contributed by atoms with Crippen molar-refractivity contribution >= 4 is 33.4 Å². The first-order chi connectivity index (χ1) is 15.4. The summed E-state index contributed by atoms with van der Waals surface area (Å²) in [6, 6.07) is 18.8. The smallest absolute Gasteiger partial charge is 0.280 e. The topological polar surface area (TPSA) is 79.8 Å². The SMILES string of the molecule is Cc1ccc(-n2[nH]c3c(cnc4ccc(C(=O)Nc5ccc(C)c(C)c5)cc43)c2=O)cc1. The van der Waals surface area contributed by atoms with Crippen molar-refractivity contribution in [1.29, 1.82) is 0 Å². The molecule has 158 valence electrons. The predicted molar refractivity (Wildman–Crippen MR) is 128 cm³/mol. The Labute approximate surface area is 184 Å². The number of benzene rings is 3. The Morgan fingerprint density at radius 1 is 0.906 bits per heavy atom. The highest BCUT2D eigenvalue weighted by atomic mass is 16.1. The minimum Gasteiger partial charge on any atom is -0.322 e. The molecule has 3 aromatic carbocycles. The Balaban J connectivity index is 1.59. The van der Waals surface area contributed by atoms with E-state index in [1.165, 1.54) is 10.2 Å². The van der Waals surface area contributed by atoms with Crippen molar-refractivity contribution in [1.82, 2.24) is 14.8 Å². The van der Waals surface area contributed by atoms with Crippen LogP contribution in [0.4, 0.5) is 5.69 Å². The third-order valence-corrected chi connectivity index (χ3v) is 5.84. The fourth-order valence-corrected chi connectivity index (χ4v) is 3.80. The van der Waals surface area contributed by atoms with E-state index < -0.39 is 0 Å². The van der Waals surface area contributed by atoms with Crippen LogP contribution in [0.3, 0.4) is 0 Å². The maximum Gasteiger partial charge on any atom is 0.280 e.